The van der Waals surface area contributed by atoms with Gasteiger partial charge in [-0.2, -0.15) is 0 Å². The van der Waals surface area contributed by atoms with E-state index in [1.807, 2.05) is 27.3 Å². The average molecular weight is 393 g/mol. The lowest BCUT2D eigenvalue weighted by molar-refractivity contribution is -0.117. The standard InChI is InChI=1S/C21H20FN5O2/c1-13(28)10-26-12-25-20(14-2-5-16(22)6-3-14)21(26)15-4-7-19-24-9-17(8-18(23)29)27(19)11-15/h2-7,9,11-13,28H,8,10H2,1H3,(H2,23,29)/t13-/m1/s1. The largest absolute Gasteiger partial charge is 0.392 e. The Balaban J connectivity index is 1.89. The summed E-state index contributed by atoms with van der Waals surface area (Å²) < 4.78 is 17.1. The fraction of sp³-hybridized carbons (Fsp3) is 0.190. The lowest BCUT2D eigenvalue weighted by Gasteiger charge is -2.13. The summed E-state index contributed by atoms with van der Waals surface area (Å²) >= 11 is 0. The van der Waals surface area contributed by atoms with Crippen LogP contribution in [0.15, 0.2) is 55.1 Å². The molecule has 8 heteroatoms. The first-order valence-electron chi connectivity index (χ1n) is 9.16. The molecule has 1 atom stereocenters. The van der Waals surface area contributed by atoms with Crippen LogP contribution < -0.4 is 5.73 Å². The van der Waals surface area contributed by atoms with Crippen LogP contribution in [0.3, 0.4) is 0 Å². The third kappa shape index (κ3) is 3.74. The molecule has 4 rings (SSSR count). The summed E-state index contributed by atoms with van der Waals surface area (Å²) in [5, 5.41) is 9.91. The van der Waals surface area contributed by atoms with Crippen molar-refractivity contribution in [1.29, 1.82) is 0 Å². The molecule has 0 radical (unpaired) electrons. The van der Waals surface area contributed by atoms with Gasteiger partial charge in [-0.1, -0.05) is 0 Å². The SMILES string of the molecule is C[C@@H](O)Cn1cnc(-c2ccc(F)cc2)c1-c1ccc2ncc(CC(N)=O)n2c1. The Hall–Kier alpha value is -3.52. The van der Waals surface area contributed by atoms with Crippen molar-refractivity contribution in [1.82, 2.24) is 18.9 Å². The van der Waals surface area contributed by atoms with Crippen molar-refractivity contribution in [2.24, 2.45) is 5.73 Å². The maximum atomic E-state index is 13.4. The van der Waals surface area contributed by atoms with E-state index in [0.29, 0.717) is 23.6 Å². The minimum Gasteiger partial charge on any atom is -0.392 e. The minimum atomic E-state index is -0.577. The molecule has 0 unspecified atom stereocenters. The monoisotopic (exact) mass is 393 g/mol. The van der Waals surface area contributed by atoms with Gasteiger partial charge in [-0.25, -0.2) is 14.4 Å². The number of hydrogen-bond donors (Lipinski definition) is 2. The zero-order valence-corrected chi connectivity index (χ0v) is 15.8. The molecule has 3 heterocycles. The molecule has 0 aliphatic heterocycles. The Labute approximate surface area is 166 Å². The highest BCUT2D eigenvalue weighted by atomic mass is 19.1. The van der Waals surface area contributed by atoms with Crippen LogP contribution in [0.1, 0.15) is 12.6 Å². The number of imidazole rings is 2. The van der Waals surface area contributed by atoms with Gasteiger partial charge in [0.05, 0.1) is 35.9 Å². The Morgan fingerprint density at radius 2 is 1.90 bits per heavy atom. The van der Waals surface area contributed by atoms with E-state index in [0.717, 1.165) is 16.8 Å². The summed E-state index contributed by atoms with van der Waals surface area (Å²) in [7, 11) is 0. The van der Waals surface area contributed by atoms with Gasteiger partial charge in [-0.05, 0) is 43.3 Å². The number of fused-ring (bicyclic) bond motifs is 1. The number of nitrogens with zero attached hydrogens (tertiary/aromatic N) is 4. The van der Waals surface area contributed by atoms with Crippen molar-refractivity contribution in [2.45, 2.75) is 26.0 Å². The van der Waals surface area contributed by atoms with Gasteiger partial charge in [-0.15, -0.1) is 0 Å². The Morgan fingerprint density at radius 1 is 1.17 bits per heavy atom. The van der Waals surface area contributed by atoms with Gasteiger partial charge in [0.1, 0.15) is 11.5 Å². The van der Waals surface area contributed by atoms with Crippen molar-refractivity contribution >= 4 is 11.6 Å². The number of pyridine rings is 1. The van der Waals surface area contributed by atoms with Crippen molar-refractivity contribution in [3.63, 3.8) is 0 Å². The maximum absolute atomic E-state index is 13.4. The number of carbonyl (C=O) groups is 1. The smallest absolute Gasteiger partial charge is 0.223 e. The number of aliphatic hydroxyl groups is 1. The van der Waals surface area contributed by atoms with Gasteiger partial charge in [0.25, 0.3) is 0 Å². The van der Waals surface area contributed by atoms with E-state index in [1.54, 1.807) is 31.6 Å². The molecule has 148 valence electrons. The Bertz CT molecular complexity index is 1180. The van der Waals surface area contributed by atoms with E-state index in [9.17, 15) is 14.3 Å². The number of aromatic nitrogens is 4. The molecule has 0 saturated carbocycles. The van der Waals surface area contributed by atoms with Crippen LogP contribution in [0.2, 0.25) is 0 Å². The summed E-state index contributed by atoms with van der Waals surface area (Å²) in [5.41, 5.74) is 9.74. The van der Waals surface area contributed by atoms with E-state index >= 15 is 0 Å². The molecule has 4 aromatic rings. The van der Waals surface area contributed by atoms with Crippen molar-refractivity contribution < 1.29 is 14.3 Å². The van der Waals surface area contributed by atoms with Crippen LogP contribution in [0.25, 0.3) is 28.2 Å². The number of hydrogen-bond acceptors (Lipinski definition) is 4. The molecule has 3 N–H and O–H groups in total. The highest BCUT2D eigenvalue weighted by Gasteiger charge is 2.18. The molecule has 3 aromatic heterocycles. The summed E-state index contributed by atoms with van der Waals surface area (Å²) in [5.74, 6) is -0.766. The van der Waals surface area contributed by atoms with Crippen molar-refractivity contribution in [3.05, 3.63) is 66.6 Å². The van der Waals surface area contributed by atoms with E-state index in [4.69, 9.17) is 5.73 Å². The normalized spacial score (nSPS) is 12.4. The Kier molecular flexibility index (Phi) is 4.85. The first-order valence-corrected chi connectivity index (χ1v) is 9.16. The van der Waals surface area contributed by atoms with Gasteiger partial charge in [0.2, 0.25) is 5.91 Å². The van der Waals surface area contributed by atoms with Gasteiger partial charge < -0.3 is 19.8 Å². The molecule has 7 nitrogen and oxygen atoms in total. The third-order valence-electron chi connectivity index (χ3n) is 4.63. The van der Waals surface area contributed by atoms with Crippen LogP contribution >= 0.6 is 0 Å². The van der Waals surface area contributed by atoms with Crippen LogP contribution in [0, 0.1) is 5.82 Å². The van der Waals surface area contributed by atoms with Crippen molar-refractivity contribution in [2.75, 3.05) is 0 Å². The highest BCUT2D eigenvalue weighted by molar-refractivity contribution is 5.79. The van der Waals surface area contributed by atoms with Gasteiger partial charge in [-0.3, -0.25) is 4.79 Å². The van der Waals surface area contributed by atoms with E-state index in [-0.39, 0.29) is 12.2 Å². The van der Waals surface area contributed by atoms with E-state index in [2.05, 4.69) is 9.97 Å². The molecule has 1 amide bonds. The lowest BCUT2D eigenvalue weighted by Crippen LogP contribution is -2.15. The van der Waals surface area contributed by atoms with Crippen LogP contribution in [-0.4, -0.2) is 36.1 Å². The van der Waals surface area contributed by atoms with Gasteiger partial charge in [0, 0.05) is 30.1 Å². The van der Waals surface area contributed by atoms with E-state index < -0.39 is 12.0 Å². The topological polar surface area (TPSA) is 98.4 Å². The average Bonchev–Trinajstić information content (AvgIpc) is 3.25. The van der Waals surface area contributed by atoms with Crippen molar-refractivity contribution in [3.8, 4) is 22.5 Å². The molecule has 0 bridgehead atoms. The summed E-state index contributed by atoms with van der Waals surface area (Å²) in [6.45, 7) is 2.05. The zero-order chi connectivity index (χ0) is 20.5. The second-order valence-electron chi connectivity index (χ2n) is 6.99. The lowest BCUT2D eigenvalue weighted by atomic mass is 10.1. The van der Waals surface area contributed by atoms with Crippen LogP contribution in [0.5, 0.6) is 0 Å². The maximum Gasteiger partial charge on any atom is 0.223 e. The second-order valence-corrected chi connectivity index (χ2v) is 6.99. The first-order chi connectivity index (χ1) is 13.9. The third-order valence-corrected chi connectivity index (χ3v) is 4.63. The number of nitrogens with two attached hydrogens (primary N) is 1. The van der Waals surface area contributed by atoms with Crippen LogP contribution in [-0.2, 0) is 17.8 Å². The molecular weight excluding hydrogens is 373 g/mol. The van der Waals surface area contributed by atoms with Gasteiger partial charge in [0.15, 0.2) is 0 Å². The molecule has 0 spiro atoms. The molecule has 0 saturated heterocycles. The van der Waals surface area contributed by atoms with Crippen LogP contribution in [0.4, 0.5) is 4.39 Å². The fourth-order valence-electron chi connectivity index (χ4n) is 3.41. The van der Waals surface area contributed by atoms with E-state index in [1.165, 1.54) is 12.1 Å². The number of amides is 1. The predicted molar refractivity (Wildman–Crippen MR) is 106 cm³/mol. The molecule has 29 heavy (non-hydrogen) atoms. The molecular formula is C21H20FN5O2. The Morgan fingerprint density at radius 3 is 2.59 bits per heavy atom. The molecule has 0 aliphatic rings. The molecule has 1 aromatic carbocycles. The quantitative estimate of drug-likeness (QED) is 0.526. The number of primary amides is 1. The number of halogens is 1. The van der Waals surface area contributed by atoms with Gasteiger partial charge >= 0.3 is 0 Å². The fourth-order valence-corrected chi connectivity index (χ4v) is 3.41. The predicted octanol–water partition coefficient (Wildman–Crippen LogP) is 2.41. The second kappa shape index (κ2) is 7.48. The number of carbonyl (C=O) groups excluding carboxylic acids is 1. The summed E-state index contributed by atoms with van der Waals surface area (Å²) in [4.78, 5) is 20.2. The number of benzene rings is 1. The first kappa shape index (κ1) is 18.8. The minimum absolute atomic E-state index is 0.0718. The highest BCUT2D eigenvalue weighted by Crippen LogP contribution is 2.32. The number of rotatable bonds is 6. The zero-order valence-electron chi connectivity index (χ0n) is 15.8. The number of aliphatic hydroxyl groups excluding tert-OH is 1. The molecule has 0 aliphatic carbocycles. The molecule has 0 fully saturated rings. The summed E-state index contributed by atoms with van der Waals surface area (Å²) in [6.07, 6.45) is 4.64. The summed E-state index contributed by atoms with van der Waals surface area (Å²) in [6, 6.07) is 9.85.